The minimum Gasteiger partial charge on any atom is -0.394 e. The van der Waals surface area contributed by atoms with E-state index in [4.69, 9.17) is 11.6 Å². The molecule has 3 N–H and O–H groups in total. The number of carbonyl (C=O) groups is 1. The van der Waals surface area contributed by atoms with Crippen LogP contribution in [0, 0.1) is 12.8 Å². The number of alkyl halides is 3. The number of rotatable bonds is 6. The minimum atomic E-state index is -4.22. The molecule has 2 aromatic rings. The van der Waals surface area contributed by atoms with Crippen molar-refractivity contribution in [3.8, 4) is 11.1 Å². The molecule has 174 valence electrons. The van der Waals surface area contributed by atoms with Gasteiger partial charge in [-0.15, -0.1) is 0 Å². The normalized spacial score (nSPS) is 17.3. The molecular formula is C22H26ClF3N4O2. The second-order valence-electron chi connectivity index (χ2n) is 8.17. The number of amides is 2. The molecule has 2 atom stereocenters. The number of carbonyl (C=O) groups excluding carboxylic acids is 1. The van der Waals surface area contributed by atoms with Crippen molar-refractivity contribution >= 4 is 29.1 Å². The van der Waals surface area contributed by atoms with Crippen LogP contribution >= 0.6 is 11.6 Å². The summed E-state index contributed by atoms with van der Waals surface area (Å²) in [6.07, 6.45) is -4.76. The van der Waals surface area contributed by atoms with Gasteiger partial charge >= 0.3 is 12.2 Å². The molecule has 1 aromatic heterocycles. The number of nitrogens with zero attached hydrogens (tertiary/aromatic N) is 2. The predicted octanol–water partition coefficient (Wildman–Crippen LogP) is 5.31. The van der Waals surface area contributed by atoms with Crippen molar-refractivity contribution < 1.29 is 23.1 Å². The Kier molecular flexibility index (Phi) is 7.51. The van der Waals surface area contributed by atoms with E-state index in [1.807, 2.05) is 13.0 Å². The average Bonchev–Trinajstić information content (AvgIpc) is 3.15. The van der Waals surface area contributed by atoms with E-state index in [-0.39, 0.29) is 24.3 Å². The number of halogens is 4. The first-order valence-corrected chi connectivity index (χ1v) is 10.7. The number of anilines is 2. The zero-order valence-corrected chi connectivity index (χ0v) is 18.6. The second kappa shape index (κ2) is 9.95. The van der Waals surface area contributed by atoms with E-state index in [0.29, 0.717) is 24.5 Å². The number of hydrogen-bond donors (Lipinski definition) is 3. The summed E-state index contributed by atoms with van der Waals surface area (Å²) in [5.41, 5.74) is 3.07. The van der Waals surface area contributed by atoms with Gasteiger partial charge in [-0.2, -0.15) is 13.2 Å². The number of benzene rings is 1. The van der Waals surface area contributed by atoms with Gasteiger partial charge in [-0.3, -0.25) is 0 Å². The van der Waals surface area contributed by atoms with Crippen LogP contribution < -0.4 is 10.6 Å². The topological polar surface area (TPSA) is 77.5 Å². The molecule has 1 fully saturated rings. The SMILES string of the molecule is Cc1ccc(NC(=O)N2CCC(CC(F)(F)F)C2)cc1-c1cc(Cl)nc(N[C@@H](C)CO)c1. The lowest BCUT2D eigenvalue weighted by molar-refractivity contribution is -0.143. The Morgan fingerprint density at radius 2 is 2.09 bits per heavy atom. The van der Waals surface area contributed by atoms with Crippen molar-refractivity contribution in [3.63, 3.8) is 0 Å². The van der Waals surface area contributed by atoms with Crippen LogP contribution in [0.15, 0.2) is 30.3 Å². The van der Waals surface area contributed by atoms with E-state index in [1.54, 1.807) is 31.2 Å². The summed E-state index contributed by atoms with van der Waals surface area (Å²) in [7, 11) is 0. The highest BCUT2D eigenvalue weighted by Crippen LogP contribution is 2.32. The third kappa shape index (κ3) is 6.49. The number of urea groups is 1. The summed E-state index contributed by atoms with van der Waals surface area (Å²) in [5, 5.41) is 15.4. The van der Waals surface area contributed by atoms with Crippen molar-refractivity contribution in [2.24, 2.45) is 5.92 Å². The Morgan fingerprint density at radius 3 is 2.78 bits per heavy atom. The third-order valence-electron chi connectivity index (χ3n) is 5.36. The molecule has 1 saturated heterocycles. The zero-order chi connectivity index (χ0) is 23.5. The van der Waals surface area contributed by atoms with Gasteiger partial charge in [0.15, 0.2) is 0 Å². The molecule has 2 amide bonds. The lowest BCUT2D eigenvalue weighted by Crippen LogP contribution is -2.33. The maximum atomic E-state index is 12.6. The van der Waals surface area contributed by atoms with Crippen LogP contribution in [0.1, 0.15) is 25.3 Å². The summed E-state index contributed by atoms with van der Waals surface area (Å²) in [5.74, 6) is -0.0591. The van der Waals surface area contributed by atoms with Gasteiger partial charge in [0.05, 0.1) is 6.61 Å². The van der Waals surface area contributed by atoms with Crippen LogP contribution in [0.2, 0.25) is 5.15 Å². The van der Waals surface area contributed by atoms with Crippen molar-refractivity contribution in [1.82, 2.24) is 9.88 Å². The minimum absolute atomic E-state index is 0.0651. The Labute approximate surface area is 189 Å². The average molecular weight is 471 g/mol. The molecule has 0 radical (unpaired) electrons. The standard InChI is InChI=1S/C22H26ClF3N4O2/c1-13-3-4-17(28-21(32)30-6-5-15(11-30)10-22(24,25)26)9-18(13)16-7-19(23)29-20(8-16)27-14(2)12-31/h3-4,7-9,14-15,31H,5-6,10-12H2,1-2H3,(H,27,29)(H,28,32)/t14-,15?/m0/s1. The molecular weight excluding hydrogens is 445 g/mol. The van der Waals surface area contributed by atoms with Gasteiger partial charge in [0.1, 0.15) is 11.0 Å². The Balaban J connectivity index is 1.75. The Hall–Kier alpha value is -2.52. The maximum absolute atomic E-state index is 12.6. The van der Waals surface area contributed by atoms with Crippen molar-refractivity contribution in [2.75, 3.05) is 30.3 Å². The largest absolute Gasteiger partial charge is 0.394 e. The highest BCUT2D eigenvalue weighted by Gasteiger charge is 2.36. The van der Waals surface area contributed by atoms with E-state index in [9.17, 15) is 23.1 Å². The summed E-state index contributed by atoms with van der Waals surface area (Å²) in [4.78, 5) is 18.2. The quantitative estimate of drug-likeness (QED) is 0.500. The van der Waals surface area contributed by atoms with Gasteiger partial charge < -0.3 is 20.6 Å². The van der Waals surface area contributed by atoms with Crippen molar-refractivity contribution in [1.29, 1.82) is 0 Å². The predicted molar refractivity (Wildman–Crippen MR) is 119 cm³/mol. The molecule has 1 aliphatic rings. The highest BCUT2D eigenvalue weighted by atomic mass is 35.5. The number of pyridine rings is 1. The van der Waals surface area contributed by atoms with Crippen LogP contribution in [0.4, 0.5) is 29.5 Å². The Morgan fingerprint density at radius 1 is 1.34 bits per heavy atom. The van der Waals surface area contributed by atoms with Crippen molar-refractivity contribution in [3.05, 3.63) is 41.0 Å². The maximum Gasteiger partial charge on any atom is 0.389 e. The fourth-order valence-electron chi connectivity index (χ4n) is 3.75. The zero-order valence-electron chi connectivity index (χ0n) is 17.8. The number of aliphatic hydroxyl groups is 1. The van der Waals surface area contributed by atoms with E-state index < -0.39 is 24.5 Å². The van der Waals surface area contributed by atoms with E-state index in [2.05, 4.69) is 15.6 Å². The highest BCUT2D eigenvalue weighted by molar-refractivity contribution is 6.29. The van der Waals surface area contributed by atoms with Gasteiger partial charge in [-0.25, -0.2) is 9.78 Å². The number of hydrogen-bond acceptors (Lipinski definition) is 4. The summed E-state index contributed by atoms with van der Waals surface area (Å²) in [6, 6.07) is 8.26. The molecule has 1 aromatic carbocycles. The lowest BCUT2D eigenvalue weighted by Gasteiger charge is -2.19. The fraction of sp³-hybridized carbons (Fsp3) is 0.455. The lowest BCUT2D eigenvalue weighted by atomic mass is 10.0. The van der Waals surface area contributed by atoms with Gasteiger partial charge in [0.25, 0.3) is 0 Å². The molecule has 1 unspecified atom stereocenters. The number of likely N-dealkylation sites (tertiary alicyclic amines) is 1. The van der Waals surface area contributed by atoms with Crippen LogP contribution in [0.25, 0.3) is 11.1 Å². The number of aryl methyl sites for hydroxylation is 1. The molecule has 0 saturated carbocycles. The molecule has 0 spiro atoms. The van der Waals surface area contributed by atoms with E-state index in [0.717, 1.165) is 16.7 Å². The molecule has 0 bridgehead atoms. The molecule has 3 rings (SSSR count). The van der Waals surface area contributed by atoms with Crippen molar-refractivity contribution in [2.45, 2.75) is 38.9 Å². The van der Waals surface area contributed by atoms with Gasteiger partial charge in [-0.05, 0) is 67.1 Å². The van der Waals surface area contributed by atoms with Gasteiger partial charge in [0, 0.05) is 31.2 Å². The summed E-state index contributed by atoms with van der Waals surface area (Å²) in [6.45, 7) is 4.04. The fourth-order valence-corrected chi connectivity index (χ4v) is 3.96. The molecule has 0 aliphatic carbocycles. The van der Waals surface area contributed by atoms with Crippen LogP contribution in [-0.2, 0) is 0 Å². The molecule has 32 heavy (non-hydrogen) atoms. The smallest absolute Gasteiger partial charge is 0.389 e. The first-order valence-electron chi connectivity index (χ1n) is 10.3. The molecule has 1 aliphatic heterocycles. The number of aromatic nitrogens is 1. The van der Waals surface area contributed by atoms with Crippen LogP contribution in [0.5, 0.6) is 0 Å². The molecule has 6 nitrogen and oxygen atoms in total. The molecule has 2 heterocycles. The summed E-state index contributed by atoms with van der Waals surface area (Å²) < 4.78 is 37.9. The van der Waals surface area contributed by atoms with Gasteiger partial charge in [0.2, 0.25) is 0 Å². The van der Waals surface area contributed by atoms with Crippen LogP contribution in [0.3, 0.4) is 0 Å². The number of nitrogens with one attached hydrogen (secondary N) is 2. The third-order valence-corrected chi connectivity index (χ3v) is 5.55. The summed E-state index contributed by atoms with van der Waals surface area (Å²) >= 11 is 6.18. The first kappa shape index (κ1) is 24.1. The second-order valence-corrected chi connectivity index (χ2v) is 8.56. The van der Waals surface area contributed by atoms with E-state index in [1.165, 1.54) is 4.90 Å². The van der Waals surface area contributed by atoms with E-state index >= 15 is 0 Å². The monoisotopic (exact) mass is 470 g/mol. The first-order chi connectivity index (χ1) is 15.0. The Bertz CT molecular complexity index is 971. The molecule has 10 heteroatoms. The van der Waals surface area contributed by atoms with Crippen LogP contribution in [-0.4, -0.2) is 52.9 Å². The number of aliphatic hydroxyl groups excluding tert-OH is 1. The van der Waals surface area contributed by atoms with Gasteiger partial charge in [-0.1, -0.05) is 17.7 Å².